The second-order valence-electron chi connectivity index (χ2n) is 7.76. The molecular formula is C20H27N3O5S2. The van der Waals surface area contributed by atoms with E-state index in [1.165, 1.54) is 21.0 Å². The molecule has 0 aromatic heterocycles. The van der Waals surface area contributed by atoms with Crippen LogP contribution in [0, 0.1) is 0 Å². The molecule has 10 heteroatoms. The number of ether oxygens (including phenoxy) is 1. The predicted molar refractivity (Wildman–Crippen MR) is 114 cm³/mol. The van der Waals surface area contributed by atoms with Gasteiger partial charge in [-0.15, -0.1) is 11.8 Å². The molecule has 4 rings (SSSR count). The average Bonchev–Trinajstić information content (AvgIpc) is 3.42. The molecule has 2 amide bonds. The number of benzene rings is 1. The average molecular weight is 454 g/mol. The Bertz CT molecular complexity index is 909. The Morgan fingerprint density at radius 1 is 1.23 bits per heavy atom. The zero-order valence-corrected chi connectivity index (χ0v) is 18.5. The minimum Gasteiger partial charge on any atom is -0.376 e. The van der Waals surface area contributed by atoms with Crippen molar-refractivity contribution >= 4 is 39.3 Å². The number of hydrogen-bond donors (Lipinski definition) is 1. The number of fused-ring (bicyclic) bond motifs is 1. The maximum Gasteiger partial charge on any atom is 0.243 e. The third-order valence-corrected chi connectivity index (χ3v) is 8.61. The van der Waals surface area contributed by atoms with Gasteiger partial charge < -0.3 is 15.0 Å². The number of rotatable bonds is 6. The quantitative estimate of drug-likeness (QED) is 0.703. The van der Waals surface area contributed by atoms with Crippen molar-refractivity contribution in [2.45, 2.75) is 48.0 Å². The minimum atomic E-state index is -3.61. The fourth-order valence-electron chi connectivity index (χ4n) is 3.99. The van der Waals surface area contributed by atoms with E-state index in [1.807, 2.05) is 0 Å². The molecule has 1 N–H and O–H groups in total. The van der Waals surface area contributed by atoms with Gasteiger partial charge in [-0.2, -0.15) is 4.31 Å². The van der Waals surface area contributed by atoms with Crippen LogP contribution in [0.1, 0.15) is 32.1 Å². The second kappa shape index (κ2) is 9.25. The standard InChI is InChI=1S/C20H27N3O5S2/c24-19(21-13-15-4-3-10-28-15)14-23-17-12-16(30(26,27)22-8-1-2-9-22)5-6-18(17)29-11-7-20(23)25/h5-6,12,15H,1-4,7-11,13-14H2,(H,21,24)/t15-/m0/s1. The van der Waals surface area contributed by atoms with Crippen molar-refractivity contribution in [3.05, 3.63) is 18.2 Å². The van der Waals surface area contributed by atoms with Crippen LogP contribution in [0.25, 0.3) is 0 Å². The first-order valence-electron chi connectivity index (χ1n) is 10.4. The Morgan fingerprint density at radius 2 is 2.03 bits per heavy atom. The van der Waals surface area contributed by atoms with Crippen molar-refractivity contribution in [3.8, 4) is 0 Å². The van der Waals surface area contributed by atoms with E-state index in [-0.39, 0.29) is 29.4 Å². The van der Waals surface area contributed by atoms with E-state index in [0.29, 0.717) is 44.1 Å². The summed E-state index contributed by atoms with van der Waals surface area (Å²) in [7, 11) is -3.61. The Hall–Kier alpha value is -1.62. The molecule has 30 heavy (non-hydrogen) atoms. The third-order valence-electron chi connectivity index (χ3n) is 5.65. The summed E-state index contributed by atoms with van der Waals surface area (Å²) in [5, 5.41) is 2.84. The lowest BCUT2D eigenvalue weighted by Gasteiger charge is -2.24. The van der Waals surface area contributed by atoms with Crippen molar-refractivity contribution < 1.29 is 22.7 Å². The highest BCUT2D eigenvalue weighted by atomic mass is 32.2. The number of sulfonamides is 1. The summed E-state index contributed by atoms with van der Waals surface area (Å²) in [5.74, 6) is 0.145. The monoisotopic (exact) mass is 453 g/mol. The van der Waals surface area contributed by atoms with E-state index >= 15 is 0 Å². The lowest BCUT2D eigenvalue weighted by atomic mass is 10.2. The fraction of sp³-hybridized carbons (Fsp3) is 0.600. The summed E-state index contributed by atoms with van der Waals surface area (Å²) in [6.45, 7) is 2.03. The van der Waals surface area contributed by atoms with Crippen molar-refractivity contribution in [2.24, 2.45) is 0 Å². The van der Waals surface area contributed by atoms with Crippen molar-refractivity contribution in [1.29, 1.82) is 0 Å². The number of amides is 2. The number of thioether (sulfide) groups is 1. The van der Waals surface area contributed by atoms with Gasteiger partial charge in [-0.05, 0) is 43.9 Å². The highest BCUT2D eigenvalue weighted by Gasteiger charge is 2.31. The van der Waals surface area contributed by atoms with Gasteiger partial charge in [0.2, 0.25) is 21.8 Å². The topological polar surface area (TPSA) is 96.0 Å². The summed E-state index contributed by atoms with van der Waals surface area (Å²) in [5.41, 5.74) is 0.495. The van der Waals surface area contributed by atoms with E-state index < -0.39 is 10.0 Å². The van der Waals surface area contributed by atoms with Gasteiger partial charge in [-0.1, -0.05) is 0 Å². The van der Waals surface area contributed by atoms with Crippen molar-refractivity contribution in [2.75, 3.05) is 43.4 Å². The van der Waals surface area contributed by atoms with Crippen LogP contribution in [0.4, 0.5) is 5.69 Å². The molecule has 1 atom stereocenters. The molecule has 3 heterocycles. The molecule has 1 aromatic rings. The van der Waals surface area contributed by atoms with E-state index in [2.05, 4.69) is 5.32 Å². The molecule has 0 bridgehead atoms. The highest BCUT2D eigenvalue weighted by Crippen LogP contribution is 2.37. The van der Waals surface area contributed by atoms with Gasteiger partial charge in [0, 0.05) is 43.3 Å². The first-order valence-corrected chi connectivity index (χ1v) is 12.8. The Morgan fingerprint density at radius 3 is 2.77 bits per heavy atom. The summed E-state index contributed by atoms with van der Waals surface area (Å²) in [4.78, 5) is 27.7. The zero-order chi connectivity index (χ0) is 21.1. The van der Waals surface area contributed by atoms with Crippen LogP contribution < -0.4 is 10.2 Å². The molecule has 0 radical (unpaired) electrons. The van der Waals surface area contributed by atoms with Gasteiger partial charge in [0.15, 0.2) is 0 Å². The molecule has 2 saturated heterocycles. The van der Waals surface area contributed by atoms with Gasteiger partial charge in [-0.3, -0.25) is 9.59 Å². The number of nitrogens with zero attached hydrogens (tertiary/aromatic N) is 2. The first kappa shape index (κ1) is 21.6. The normalized spacial score (nSPS) is 22.7. The van der Waals surface area contributed by atoms with E-state index in [0.717, 1.165) is 30.6 Å². The van der Waals surface area contributed by atoms with Gasteiger partial charge >= 0.3 is 0 Å². The van der Waals surface area contributed by atoms with E-state index in [4.69, 9.17) is 4.74 Å². The van der Waals surface area contributed by atoms with Crippen LogP contribution in [-0.2, 0) is 24.3 Å². The Kier molecular flexibility index (Phi) is 6.66. The largest absolute Gasteiger partial charge is 0.376 e. The maximum atomic E-state index is 13.0. The Balaban J connectivity index is 1.55. The first-order chi connectivity index (χ1) is 14.4. The summed E-state index contributed by atoms with van der Waals surface area (Å²) in [6.07, 6.45) is 3.94. The van der Waals surface area contributed by atoms with E-state index in [9.17, 15) is 18.0 Å². The molecule has 0 spiro atoms. The van der Waals surface area contributed by atoms with Crippen LogP contribution in [0.15, 0.2) is 28.0 Å². The summed E-state index contributed by atoms with van der Waals surface area (Å²) >= 11 is 1.51. The molecule has 164 valence electrons. The van der Waals surface area contributed by atoms with Gasteiger partial charge in [-0.25, -0.2) is 8.42 Å². The third kappa shape index (κ3) is 4.66. The molecule has 8 nitrogen and oxygen atoms in total. The van der Waals surface area contributed by atoms with Crippen molar-refractivity contribution in [1.82, 2.24) is 9.62 Å². The number of carbonyl (C=O) groups is 2. The van der Waals surface area contributed by atoms with Crippen LogP contribution >= 0.6 is 11.8 Å². The summed E-state index contributed by atoms with van der Waals surface area (Å²) in [6, 6.07) is 4.90. The molecule has 1 aromatic carbocycles. The molecular weight excluding hydrogens is 426 g/mol. The van der Waals surface area contributed by atoms with Crippen LogP contribution in [0.2, 0.25) is 0 Å². The highest BCUT2D eigenvalue weighted by molar-refractivity contribution is 7.99. The minimum absolute atomic E-state index is 0.0221. The SMILES string of the molecule is O=C(CN1C(=O)CCSc2ccc(S(=O)(=O)N3CCCC3)cc21)NC[C@@H]1CCCO1. The zero-order valence-electron chi connectivity index (χ0n) is 16.8. The van der Waals surface area contributed by atoms with Gasteiger partial charge in [0.1, 0.15) is 6.54 Å². The molecule has 0 saturated carbocycles. The maximum absolute atomic E-state index is 13.0. The molecule has 0 unspecified atom stereocenters. The molecule has 3 aliphatic rings. The second-order valence-corrected chi connectivity index (χ2v) is 10.8. The smallest absolute Gasteiger partial charge is 0.243 e. The predicted octanol–water partition coefficient (Wildman–Crippen LogP) is 1.60. The van der Waals surface area contributed by atoms with Gasteiger partial charge in [0.05, 0.1) is 16.7 Å². The van der Waals surface area contributed by atoms with Gasteiger partial charge in [0.25, 0.3) is 0 Å². The fourth-order valence-corrected chi connectivity index (χ4v) is 6.51. The lowest BCUT2D eigenvalue weighted by molar-refractivity contribution is -0.124. The van der Waals surface area contributed by atoms with Crippen LogP contribution in [-0.4, -0.2) is 69.2 Å². The summed E-state index contributed by atoms with van der Waals surface area (Å²) < 4.78 is 33.0. The van der Waals surface area contributed by atoms with Crippen LogP contribution in [0.3, 0.4) is 0 Å². The number of carbonyl (C=O) groups excluding carboxylic acids is 2. The molecule has 0 aliphatic carbocycles. The molecule has 3 aliphatic heterocycles. The lowest BCUT2D eigenvalue weighted by Crippen LogP contribution is -2.42. The number of hydrogen-bond acceptors (Lipinski definition) is 6. The van der Waals surface area contributed by atoms with E-state index in [1.54, 1.807) is 18.2 Å². The van der Waals surface area contributed by atoms with Crippen molar-refractivity contribution in [3.63, 3.8) is 0 Å². The Labute approximate surface area is 181 Å². The number of anilines is 1. The molecule has 2 fully saturated rings. The van der Waals surface area contributed by atoms with Crippen LogP contribution in [0.5, 0.6) is 0 Å². The number of nitrogens with one attached hydrogen (secondary N) is 1.